The van der Waals surface area contributed by atoms with E-state index >= 15 is 0 Å². The highest BCUT2D eigenvalue weighted by Gasteiger charge is 2.26. The Bertz CT molecular complexity index is 462. The van der Waals surface area contributed by atoms with Crippen LogP contribution >= 0.6 is 0 Å². The van der Waals surface area contributed by atoms with Crippen LogP contribution in [0.5, 0.6) is 5.88 Å². The highest BCUT2D eigenvalue weighted by molar-refractivity contribution is 5.71. The summed E-state index contributed by atoms with van der Waals surface area (Å²) in [5.41, 5.74) is -0.663. The minimum atomic E-state index is -2.81. The molecule has 0 saturated heterocycles. The highest BCUT2D eigenvalue weighted by Crippen LogP contribution is 2.26. The van der Waals surface area contributed by atoms with Gasteiger partial charge in [-0.3, -0.25) is 10.1 Å². The van der Waals surface area contributed by atoms with Crippen molar-refractivity contribution < 1.29 is 28.3 Å². The molecule has 0 aliphatic carbocycles. The first kappa shape index (κ1) is 13.8. The molecule has 100 valence electrons. The zero-order valence-corrected chi connectivity index (χ0v) is 9.12. The molecule has 1 rings (SSSR count). The lowest BCUT2D eigenvalue weighted by Crippen LogP contribution is -2.16. The van der Waals surface area contributed by atoms with Gasteiger partial charge in [-0.2, -0.15) is 0 Å². The molecule has 18 heavy (non-hydrogen) atoms. The van der Waals surface area contributed by atoms with Crippen molar-refractivity contribution in [3.8, 4) is 5.88 Å². The topological polar surface area (TPSA) is 107 Å². The predicted octanol–water partition coefficient (Wildman–Crippen LogP) is 1.08. The lowest BCUT2D eigenvalue weighted by Gasteiger charge is -2.04. The average molecular weight is 265 g/mol. The third-order valence-corrected chi connectivity index (χ3v) is 1.98. The Labute approximate surface area is 98.9 Å². The third-order valence-electron chi connectivity index (χ3n) is 1.98. The zero-order valence-electron chi connectivity index (χ0n) is 9.12. The van der Waals surface area contributed by atoms with E-state index in [1.807, 2.05) is 0 Å². The van der Waals surface area contributed by atoms with E-state index in [1.165, 1.54) is 6.92 Å². The second kappa shape index (κ2) is 5.38. The average Bonchev–Trinajstić information content (AvgIpc) is 2.69. The number of nitrogens with zero attached hydrogens (tertiary/aromatic N) is 3. The SMILES string of the molecule is C[C@H](C(=O)O)n1cc([N+](=O)[O-])c(OCC(F)F)n1. The molecular formula is C8H9F2N3O5. The Morgan fingerprint density at radius 3 is 2.78 bits per heavy atom. The molecule has 1 atom stereocenters. The number of ether oxygens (including phenoxy) is 1. The second-order valence-corrected chi connectivity index (χ2v) is 3.27. The Hall–Kier alpha value is -2.26. The maximum Gasteiger partial charge on any atom is 0.350 e. The summed E-state index contributed by atoms with van der Waals surface area (Å²) >= 11 is 0. The van der Waals surface area contributed by atoms with E-state index in [9.17, 15) is 23.7 Å². The second-order valence-electron chi connectivity index (χ2n) is 3.27. The van der Waals surface area contributed by atoms with Crippen molar-refractivity contribution in [1.82, 2.24) is 9.78 Å². The first-order chi connectivity index (χ1) is 8.32. The number of rotatable bonds is 6. The van der Waals surface area contributed by atoms with Crippen molar-refractivity contribution in [3.05, 3.63) is 16.3 Å². The molecule has 0 aromatic carbocycles. The van der Waals surface area contributed by atoms with Crippen molar-refractivity contribution in [1.29, 1.82) is 0 Å². The number of nitro groups is 1. The quantitative estimate of drug-likeness (QED) is 0.609. The smallest absolute Gasteiger partial charge is 0.350 e. The Kier molecular flexibility index (Phi) is 4.13. The summed E-state index contributed by atoms with van der Waals surface area (Å²) in [6.07, 6.45) is -1.99. The van der Waals surface area contributed by atoms with Gasteiger partial charge < -0.3 is 9.84 Å². The maximum absolute atomic E-state index is 11.9. The van der Waals surface area contributed by atoms with Gasteiger partial charge >= 0.3 is 17.5 Å². The number of halogens is 2. The first-order valence-corrected chi connectivity index (χ1v) is 4.70. The number of carbonyl (C=O) groups is 1. The van der Waals surface area contributed by atoms with E-state index < -0.39 is 41.5 Å². The van der Waals surface area contributed by atoms with Crippen molar-refractivity contribution in [2.24, 2.45) is 0 Å². The lowest BCUT2D eigenvalue weighted by molar-refractivity contribution is -0.386. The molecule has 1 aromatic rings. The summed E-state index contributed by atoms with van der Waals surface area (Å²) < 4.78 is 29.1. The van der Waals surface area contributed by atoms with Gasteiger partial charge in [-0.05, 0) is 6.92 Å². The van der Waals surface area contributed by atoms with Crippen molar-refractivity contribution >= 4 is 11.7 Å². The molecule has 0 saturated carbocycles. The molecule has 0 aliphatic rings. The summed E-state index contributed by atoms with van der Waals surface area (Å²) in [4.78, 5) is 20.4. The van der Waals surface area contributed by atoms with Gasteiger partial charge in [-0.15, -0.1) is 5.10 Å². The summed E-state index contributed by atoms with van der Waals surface area (Å²) in [5, 5.41) is 22.8. The van der Waals surface area contributed by atoms with Crippen molar-refractivity contribution in [2.75, 3.05) is 6.61 Å². The summed E-state index contributed by atoms with van der Waals surface area (Å²) in [7, 11) is 0. The molecule has 1 N–H and O–H groups in total. The Morgan fingerprint density at radius 1 is 1.72 bits per heavy atom. The van der Waals surface area contributed by atoms with Crippen LogP contribution in [0.15, 0.2) is 6.20 Å². The summed E-state index contributed by atoms with van der Waals surface area (Å²) in [6, 6.07) is -1.17. The maximum atomic E-state index is 11.9. The largest absolute Gasteiger partial charge is 0.480 e. The molecule has 1 heterocycles. The molecule has 0 unspecified atom stereocenters. The van der Waals surface area contributed by atoms with Gasteiger partial charge in [-0.1, -0.05) is 0 Å². The standard InChI is InChI=1S/C8H9F2N3O5/c1-4(8(14)15)12-2-5(13(16)17)7(11-12)18-3-6(9)10/h2,4,6H,3H2,1H3,(H,14,15)/t4-/m1/s1. The normalized spacial score (nSPS) is 12.4. The van der Waals surface area contributed by atoms with Crippen LogP contribution in [0.25, 0.3) is 0 Å². The van der Waals surface area contributed by atoms with E-state index in [0.29, 0.717) is 0 Å². The number of hydrogen-bond acceptors (Lipinski definition) is 5. The number of hydrogen-bond donors (Lipinski definition) is 1. The van der Waals surface area contributed by atoms with Gasteiger partial charge in [0.2, 0.25) is 0 Å². The number of carboxylic acids is 1. The Balaban J connectivity index is 3.01. The van der Waals surface area contributed by atoms with Gasteiger partial charge in [0.25, 0.3) is 6.43 Å². The minimum Gasteiger partial charge on any atom is -0.480 e. The van der Waals surface area contributed by atoms with Gasteiger partial charge in [0.15, 0.2) is 6.61 Å². The van der Waals surface area contributed by atoms with Crippen LogP contribution in [-0.2, 0) is 4.79 Å². The van der Waals surface area contributed by atoms with Gasteiger partial charge in [0, 0.05) is 0 Å². The van der Waals surface area contributed by atoms with Gasteiger partial charge in [-0.25, -0.2) is 18.3 Å². The van der Waals surface area contributed by atoms with E-state index in [4.69, 9.17) is 5.11 Å². The molecule has 0 spiro atoms. The molecule has 0 radical (unpaired) electrons. The van der Waals surface area contributed by atoms with E-state index in [1.54, 1.807) is 0 Å². The summed E-state index contributed by atoms with van der Waals surface area (Å²) in [5.74, 6) is -1.90. The molecule has 1 aromatic heterocycles. The fraction of sp³-hybridized carbons (Fsp3) is 0.500. The van der Waals surface area contributed by atoms with Crippen LogP contribution < -0.4 is 4.74 Å². The fourth-order valence-corrected chi connectivity index (χ4v) is 1.05. The molecule has 0 bridgehead atoms. The van der Waals surface area contributed by atoms with E-state index in [-0.39, 0.29) is 0 Å². The van der Waals surface area contributed by atoms with E-state index in [0.717, 1.165) is 10.9 Å². The van der Waals surface area contributed by atoms with Crippen LogP contribution in [0.4, 0.5) is 14.5 Å². The number of carboxylic acid groups (broad SMARTS) is 1. The zero-order chi connectivity index (χ0) is 13.9. The fourth-order valence-electron chi connectivity index (χ4n) is 1.05. The molecular weight excluding hydrogens is 256 g/mol. The van der Waals surface area contributed by atoms with E-state index in [2.05, 4.69) is 9.84 Å². The molecule has 0 fully saturated rings. The lowest BCUT2D eigenvalue weighted by atomic mass is 10.3. The van der Waals surface area contributed by atoms with Crippen LogP contribution in [-0.4, -0.2) is 38.8 Å². The molecule has 0 amide bonds. The first-order valence-electron chi connectivity index (χ1n) is 4.70. The minimum absolute atomic E-state index is 0.631. The number of alkyl halides is 2. The van der Waals surface area contributed by atoms with Crippen molar-refractivity contribution in [3.63, 3.8) is 0 Å². The summed E-state index contributed by atoms with van der Waals surface area (Å²) in [6.45, 7) is 0.176. The predicted molar refractivity (Wildman–Crippen MR) is 52.7 cm³/mol. The third kappa shape index (κ3) is 3.12. The molecule has 8 nitrogen and oxygen atoms in total. The monoisotopic (exact) mass is 265 g/mol. The van der Waals surface area contributed by atoms with Crippen molar-refractivity contribution in [2.45, 2.75) is 19.4 Å². The van der Waals surface area contributed by atoms with Gasteiger partial charge in [0.05, 0.1) is 4.92 Å². The van der Waals surface area contributed by atoms with Crippen LogP contribution in [0.1, 0.15) is 13.0 Å². The number of aromatic nitrogens is 2. The van der Waals surface area contributed by atoms with Crippen LogP contribution in [0.2, 0.25) is 0 Å². The van der Waals surface area contributed by atoms with Crippen LogP contribution in [0.3, 0.4) is 0 Å². The molecule has 0 aliphatic heterocycles. The Morgan fingerprint density at radius 2 is 2.33 bits per heavy atom. The van der Waals surface area contributed by atoms with Gasteiger partial charge in [0.1, 0.15) is 12.2 Å². The van der Waals surface area contributed by atoms with Crippen LogP contribution in [0, 0.1) is 10.1 Å². The number of aliphatic carboxylic acids is 1. The highest BCUT2D eigenvalue weighted by atomic mass is 19.3. The molecule has 10 heteroatoms.